The summed E-state index contributed by atoms with van der Waals surface area (Å²) in [5, 5.41) is 10.00. The molecule has 0 spiro atoms. The van der Waals surface area contributed by atoms with Gasteiger partial charge in [-0.2, -0.15) is 0 Å². The summed E-state index contributed by atoms with van der Waals surface area (Å²) in [6.45, 7) is 0. The number of ether oxygens (including phenoxy) is 1. The van der Waals surface area contributed by atoms with Crippen LogP contribution in [0.15, 0.2) is 47.6 Å². The van der Waals surface area contributed by atoms with Crippen molar-refractivity contribution in [1.82, 2.24) is 14.9 Å². The van der Waals surface area contributed by atoms with Crippen molar-refractivity contribution in [2.75, 3.05) is 13.0 Å². The molecule has 24 heavy (non-hydrogen) atoms. The van der Waals surface area contributed by atoms with E-state index in [9.17, 15) is 0 Å². The van der Waals surface area contributed by atoms with Gasteiger partial charge in [-0.1, -0.05) is 41.0 Å². The number of aromatic nitrogens is 3. The van der Waals surface area contributed by atoms with Crippen LogP contribution in [0.1, 0.15) is 5.56 Å². The smallest absolute Gasteiger partial charge is 0.210 e. The predicted molar refractivity (Wildman–Crippen MR) is 98.2 cm³/mol. The summed E-state index contributed by atoms with van der Waals surface area (Å²) < 4.78 is 6.62. The van der Waals surface area contributed by atoms with Gasteiger partial charge in [0.25, 0.3) is 0 Å². The third kappa shape index (κ3) is 3.61. The Morgan fingerprint density at radius 1 is 1.08 bits per heavy atom. The molecule has 0 atom stereocenters. The first kappa shape index (κ1) is 17.0. The number of rotatable bonds is 5. The Balaban J connectivity index is 1.75. The summed E-state index contributed by atoms with van der Waals surface area (Å²) in [5.41, 5.74) is 1.90. The summed E-state index contributed by atoms with van der Waals surface area (Å²) in [7, 11) is 1.62. The Morgan fingerprint density at radius 2 is 1.83 bits per heavy atom. The van der Waals surface area contributed by atoms with Gasteiger partial charge < -0.3 is 10.6 Å². The molecular weight excluding hydrogens is 367 g/mol. The maximum Gasteiger partial charge on any atom is 0.210 e. The van der Waals surface area contributed by atoms with Crippen LogP contribution in [0.2, 0.25) is 10.0 Å². The van der Waals surface area contributed by atoms with Gasteiger partial charge in [0.05, 0.1) is 17.2 Å². The van der Waals surface area contributed by atoms with Crippen LogP contribution in [0, 0.1) is 0 Å². The highest BCUT2D eigenvalue weighted by molar-refractivity contribution is 7.98. The van der Waals surface area contributed by atoms with E-state index in [1.807, 2.05) is 36.4 Å². The zero-order chi connectivity index (χ0) is 17.1. The Kier molecular flexibility index (Phi) is 5.18. The molecule has 0 fully saturated rings. The van der Waals surface area contributed by atoms with Crippen LogP contribution < -0.4 is 10.6 Å². The summed E-state index contributed by atoms with van der Waals surface area (Å²) >= 11 is 13.4. The fourth-order valence-corrected chi connectivity index (χ4v) is 3.21. The SMILES string of the molecule is COc1ccc(-c2nnc(SCc3ccc(Cl)c(Cl)c3)n2N)cc1. The van der Waals surface area contributed by atoms with E-state index < -0.39 is 0 Å². The third-order valence-corrected chi connectivity index (χ3v) is 5.12. The minimum absolute atomic E-state index is 0.530. The van der Waals surface area contributed by atoms with Gasteiger partial charge in [0.15, 0.2) is 5.82 Å². The monoisotopic (exact) mass is 380 g/mol. The largest absolute Gasteiger partial charge is 0.497 e. The molecule has 2 aromatic carbocycles. The van der Waals surface area contributed by atoms with E-state index in [4.69, 9.17) is 33.8 Å². The Hall–Kier alpha value is -1.89. The van der Waals surface area contributed by atoms with E-state index in [2.05, 4.69) is 10.2 Å². The lowest BCUT2D eigenvalue weighted by molar-refractivity contribution is 0.415. The van der Waals surface area contributed by atoms with E-state index in [1.165, 1.54) is 16.4 Å². The first-order valence-electron chi connectivity index (χ1n) is 7.00. The highest BCUT2D eigenvalue weighted by atomic mass is 35.5. The molecule has 2 N–H and O–H groups in total. The van der Waals surface area contributed by atoms with Crippen LogP contribution in [0.3, 0.4) is 0 Å². The van der Waals surface area contributed by atoms with Crippen molar-refractivity contribution in [2.24, 2.45) is 0 Å². The normalized spacial score (nSPS) is 10.8. The van der Waals surface area contributed by atoms with Crippen LogP contribution in [0.5, 0.6) is 5.75 Å². The number of thioether (sulfide) groups is 1. The molecule has 0 aliphatic carbocycles. The van der Waals surface area contributed by atoms with Gasteiger partial charge in [-0.25, -0.2) is 4.68 Å². The van der Waals surface area contributed by atoms with Gasteiger partial charge in [-0.15, -0.1) is 10.2 Å². The van der Waals surface area contributed by atoms with E-state index in [-0.39, 0.29) is 0 Å². The maximum atomic E-state index is 6.12. The van der Waals surface area contributed by atoms with Crippen LogP contribution in [0.4, 0.5) is 0 Å². The molecular formula is C16H14Cl2N4OS. The number of hydrogen-bond acceptors (Lipinski definition) is 5. The highest BCUT2D eigenvalue weighted by Gasteiger charge is 2.12. The van der Waals surface area contributed by atoms with Crippen molar-refractivity contribution in [3.8, 4) is 17.1 Å². The summed E-state index contributed by atoms with van der Waals surface area (Å²) in [6, 6.07) is 13.0. The molecule has 0 aliphatic heterocycles. The van der Waals surface area contributed by atoms with Gasteiger partial charge in [0, 0.05) is 11.3 Å². The molecule has 5 nitrogen and oxygen atoms in total. The van der Waals surface area contributed by atoms with Crippen molar-refractivity contribution in [3.05, 3.63) is 58.1 Å². The summed E-state index contributed by atoms with van der Waals surface area (Å²) in [4.78, 5) is 0. The maximum absolute atomic E-state index is 6.12. The van der Waals surface area contributed by atoms with Gasteiger partial charge in [-0.3, -0.25) is 0 Å². The standard InChI is InChI=1S/C16H14Cl2N4OS/c1-23-12-5-3-11(4-6-12)15-20-21-16(22(15)19)24-9-10-2-7-13(17)14(18)8-10/h2-8H,9,19H2,1H3. The lowest BCUT2D eigenvalue weighted by Gasteiger charge is -2.05. The summed E-state index contributed by atoms with van der Waals surface area (Å²) in [5.74, 6) is 8.14. The zero-order valence-corrected chi connectivity index (χ0v) is 15.1. The van der Waals surface area contributed by atoms with Crippen LogP contribution in [-0.2, 0) is 5.75 Å². The first-order chi connectivity index (χ1) is 11.6. The highest BCUT2D eigenvalue weighted by Crippen LogP contribution is 2.28. The van der Waals surface area contributed by atoms with E-state index in [0.29, 0.717) is 26.8 Å². The topological polar surface area (TPSA) is 66.0 Å². The van der Waals surface area contributed by atoms with Gasteiger partial charge >= 0.3 is 0 Å². The Morgan fingerprint density at radius 3 is 2.50 bits per heavy atom. The first-order valence-corrected chi connectivity index (χ1v) is 8.74. The molecule has 0 amide bonds. The van der Waals surface area contributed by atoms with E-state index in [0.717, 1.165) is 16.9 Å². The van der Waals surface area contributed by atoms with E-state index in [1.54, 1.807) is 13.2 Å². The molecule has 0 unspecified atom stereocenters. The van der Waals surface area contributed by atoms with Crippen LogP contribution in [-0.4, -0.2) is 22.0 Å². The summed E-state index contributed by atoms with van der Waals surface area (Å²) in [6.07, 6.45) is 0. The second-order valence-electron chi connectivity index (χ2n) is 4.94. The quantitative estimate of drug-likeness (QED) is 0.528. The number of nitrogen functional groups attached to an aromatic ring is 1. The fourth-order valence-electron chi connectivity index (χ4n) is 2.09. The molecule has 8 heteroatoms. The molecule has 0 saturated heterocycles. The molecule has 3 aromatic rings. The van der Waals surface area contributed by atoms with Crippen LogP contribution in [0.25, 0.3) is 11.4 Å². The zero-order valence-electron chi connectivity index (χ0n) is 12.7. The molecule has 0 saturated carbocycles. The number of nitrogens with zero attached hydrogens (tertiary/aromatic N) is 3. The van der Waals surface area contributed by atoms with Gasteiger partial charge in [-0.05, 0) is 42.0 Å². The van der Waals surface area contributed by atoms with Crippen LogP contribution >= 0.6 is 35.0 Å². The fraction of sp³-hybridized carbons (Fsp3) is 0.125. The third-order valence-electron chi connectivity index (χ3n) is 3.36. The second kappa shape index (κ2) is 7.34. The number of nitrogens with two attached hydrogens (primary N) is 1. The van der Waals surface area contributed by atoms with Gasteiger partial charge in [0.1, 0.15) is 5.75 Å². The molecule has 1 heterocycles. The average molecular weight is 381 g/mol. The molecule has 1 aromatic heterocycles. The van der Waals surface area contributed by atoms with E-state index >= 15 is 0 Å². The van der Waals surface area contributed by atoms with Crippen molar-refractivity contribution in [1.29, 1.82) is 0 Å². The predicted octanol–water partition coefficient (Wildman–Crippen LogP) is 4.27. The van der Waals surface area contributed by atoms with Crippen molar-refractivity contribution in [3.63, 3.8) is 0 Å². The Bertz CT molecular complexity index is 852. The second-order valence-corrected chi connectivity index (χ2v) is 6.70. The van der Waals surface area contributed by atoms with Crippen molar-refractivity contribution >= 4 is 35.0 Å². The molecule has 0 bridgehead atoms. The lowest BCUT2D eigenvalue weighted by Crippen LogP contribution is -2.11. The number of methoxy groups -OCH3 is 1. The average Bonchev–Trinajstić information content (AvgIpc) is 2.97. The number of benzene rings is 2. The van der Waals surface area contributed by atoms with Crippen molar-refractivity contribution < 1.29 is 4.74 Å². The molecule has 3 rings (SSSR count). The minimum Gasteiger partial charge on any atom is -0.497 e. The minimum atomic E-state index is 0.530. The molecule has 124 valence electrons. The number of hydrogen-bond donors (Lipinski definition) is 1. The number of halogens is 2. The van der Waals surface area contributed by atoms with Crippen molar-refractivity contribution in [2.45, 2.75) is 10.9 Å². The molecule has 0 aliphatic rings. The lowest BCUT2D eigenvalue weighted by atomic mass is 10.2. The van der Waals surface area contributed by atoms with Gasteiger partial charge in [0.2, 0.25) is 5.16 Å². The molecule has 0 radical (unpaired) electrons. The Labute approximate surface area is 153 Å².